The summed E-state index contributed by atoms with van der Waals surface area (Å²) in [5, 5.41) is 0. The van der Waals surface area contributed by atoms with Crippen molar-refractivity contribution >= 4 is 31.9 Å². The van der Waals surface area contributed by atoms with Gasteiger partial charge in [-0.15, -0.1) is 0 Å². The van der Waals surface area contributed by atoms with Gasteiger partial charge in [-0.2, -0.15) is 0 Å². The van der Waals surface area contributed by atoms with Crippen LogP contribution >= 0.6 is 31.9 Å². The first-order chi connectivity index (χ1) is 44.9. The Morgan fingerprint density at radius 1 is 0.207 bits per heavy atom. The van der Waals surface area contributed by atoms with Crippen LogP contribution in [0, 0.1) is 0 Å². The Bertz CT molecular complexity index is 3320. The van der Waals surface area contributed by atoms with Crippen molar-refractivity contribution in [1.82, 2.24) is 0 Å². The van der Waals surface area contributed by atoms with E-state index in [2.05, 4.69) is 226 Å². The minimum Gasteiger partial charge on any atom is -0.359 e. The molecule has 11 rings (SSSR count). The van der Waals surface area contributed by atoms with Crippen molar-refractivity contribution in [2.24, 2.45) is 0 Å². The highest BCUT2D eigenvalue weighted by Crippen LogP contribution is 2.54. The standard InChI is InChI=1S/C78H86Br2O12/c1-81-51-87-73(65-23-15-61(16-24-65)57-7-11-59(12-8-57)63-19-27-67(28-20-63)75(89-53-83-3)43-47-77(48-44-75,91-55-85-5)69-31-35-71(79)36-32-69)39-41-74(42-40-73,88-52-82-2)66-25-17-62(18-26-66)58-9-13-60(14-10-58)64-21-29-68(30-22-64)76(90-54-84-4)45-49-78(50-46-76,92-56-86-6)70-33-37-72(80)38-34-70/h7-38H,39-56H2,1-6H3. The van der Waals surface area contributed by atoms with Gasteiger partial charge in [0.05, 0.1) is 33.6 Å². The van der Waals surface area contributed by atoms with Gasteiger partial charge >= 0.3 is 0 Å². The van der Waals surface area contributed by atoms with Crippen molar-refractivity contribution in [2.75, 3.05) is 83.4 Å². The van der Waals surface area contributed by atoms with E-state index in [0.29, 0.717) is 0 Å². The van der Waals surface area contributed by atoms with Crippen LogP contribution in [-0.2, 0) is 90.4 Å². The molecule has 0 aromatic heterocycles. The van der Waals surface area contributed by atoms with Crippen LogP contribution in [-0.4, -0.2) is 83.4 Å². The number of benzene rings is 8. The second kappa shape index (κ2) is 30.8. The van der Waals surface area contributed by atoms with E-state index < -0.39 is 33.6 Å². The van der Waals surface area contributed by atoms with E-state index in [4.69, 9.17) is 56.8 Å². The molecule has 0 spiro atoms. The maximum atomic E-state index is 6.72. The number of methoxy groups -OCH3 is 6. The van der Waals surface area contributed by atoms with Gasteiger partial charge < -0.3 is 56.8 Å². The van der Waals surface area contributed by atoms with E-state index >= 15 is 0 Å². The summed E-state index contributed by atoms with van der Waals surface area (Å²) in [7, 11) is 10.0. The summed E-state index contributed by atoms with van der Waals surface area (Å²) < 4.78 is 74.6. The van der Waals surface area contributed by atoms with Crippen molar-refractivity contribution in [3.05, 3.63) is 236 Å². The molecule has 3 fully saturated rings. The van der Waals surface area contributed by atoms with Gasteiger partial charge in [-0.25, -0.2) is 0 Å². The van der Waals surface area contributed by atoms with Crippen molar-refractivity contribution in [1.29, 1.82) is 0 Å². The molecule has 484 valence electrons. The highest BCUT2D eigenvalue weighted by molar-refractivity contribution is 9.10. The lowest BCUT2D eigenvalue weighted by Gasteiger charge is -2.46. The van der Waals surface area contributed by atoms with Crippen molar-refractivity contribution in [2.45, 2.75) is 111 Å². The zero-order chi connectivity index (χ0) is 64.1. The summed E-state index contributed by atoms with van der Waals surface area (Å²) in [6, 6.07) is 69.8. The molecule has 0 heterocycles. The Morgan fingerprint density at radius 3 is 0.457 bits per heavy atom. The number of ether oxygens (including phenoxy) is 12. The van der Waals surface area contributed by atoms with E-state index in [9.17, 15) is 0 Å². The summed E-state index contributed by atoms with van der Waals surface area (Å²) >= 11 is 7.19. The fourth-order valence-corrected chi connectivity index (χ4v) is 14.9. The van der Waals surface area contributed by atoms with E-state index in [1.807, 2.05) is 0 Å². The highest BCUT2D eigenvalue weighted by Gasteiger charge is 2.49. The summed E-state index contributed by atoms with van der Waals surface area (Å²) in [5.41, 5.74) is 12.7. The minimum atomic E-state index is -0.569. The van der Waals surface area contributed by atoms with Crippen molar-refractivity contribution in [3.8, 4) is 44.5 Å². The van der Waals surface area contributed by atoms with E-state index in [0.717, 1.165) is 164 Å². The summed E-state index contributed by atoms with van der Waals surface area (Å²) in [6.07, 6.45) is 9.03. The lowest BCUT2D eigenvalue weighted by Crippen LogP contribution is -2.43. The van der Waals surface area contributed by atoms with E-state index in [-0.39, 0.29) is 40.8 Å². The molecule has 92 heavy (non-hydrogen) atoms. The smallest absolute Gasteiger partial charge is 0.147 e. The van der Waals surface area contributed by atoms with Gasteiger partial charge in [-0.05, 0) is 179 Å². The van der Waals surface area contributed by atoms with Crippen LogP contribution in [0.2, 0.25) is 0 Å². The molecule has 0 bridgehead atoms. The maximum Gasteiger partial charge on any atom is 0.147 e. The predicted octanol–water partition coefficient (Wildman–Crippen LogP) is 18.6. The molecule has 3 aliphatic carbocycles. The molecule has 3 saturated carbocycles. The average Bonchev–Trinajstić information content (AvgIpc) is 0.791. The van der Waals surface area contributed by atoms with Crippen molar-refractivity contribution < 1.29 is 56.8 Å². The predicted molar refractivity (Wildman–Crippen MR) is 366 cm³/mol. The van der Waals surface area contributed by atoms with Gasteiger partial charge in [0.15, 0.2) is 0 Å². The van der Waals surface area contributed by atoms with Crippen molar-refractivity contribution in [3.63, 3.8) is 0 Å². The van der Waals surface area contributed by atoms with Crippen LogP contribution < -0.4 is 0 Å². The number of hydrogen-bond acceptors (Lipinski definition) is 12. The van der Waals surface area contributed by atoms with Gasteiger partial charge in [0.2, 0.25) is 0 Å². The SMILES string of the molecule is COCOC1(c2ccc(Br)cc2)CCC(OCOC)(c2ccc(-c3ccc(-c4ccc(C5(OCOC)CCC(OCOC)(c6ccc(-c7ccc(-c8ccc(C9(OCOC)CCC(OCOC)(c%10ccc(Br)cc%10)CC9)cc8)cc7)cc6)CC5)cc4)cc3)cc2)CC1. The molecule has 0 aliphatic heterocycles. The van der Waals surface area contributed by atoms with Crippen LogP contribution in [0.3, 0.4) is 0 Å². The Hall–Kier alpha value is -5.76. The Morgan fingerprint density at radius 2 is 0.326 bits per heavy atom. The van der Waals surface area contributed by atoms with Gasteiger partial charge in [-0.3, -0.25) is 0 Å². The number of rotatable bonds is 28. The molecule has 0 unspecified atom stereocenters. The lowest BCUT2D eigenvalue weighted by atomic mass is 9.70. The third kappa shape index (κ3) is 14.9. The molecule has 3 aliphatic rings. The molecular formula is C78H86Br2O12. The van der Waals surface area contributed by atoms with Gasteiger partial charge in [0.1, 0.15) is 40.8 Å². The molecule has 8 aromatic carbocycles. The normalized spacial score (nSPS) is 24.2. The van der Waals surface area contributed by atoms with Gasteiger partial charge in [-0.1, -0.05) is 202 Å². The fourth-order valence-electron chi connectivity index (χ4n) is 14.4. The second-order valence-corrected chi connectivity index (χ2v) is 26.6. The van der Waals surface area contributed by atoms with E-state index in [1.165, 1.54) is 0 Å². The Labute approximate surface area is 560 Å². The quantitative estimate of drug-likeness (QED) is 0.0435. The number of halogens is 2. The van der Waals surface area contributed by atoms with Crippen LogP contribution in [0.5, 0.6) is 0 Å². The van der Waals surface area contributed by atoms with E-state index in [1.54, 1.807) is 42.7 Å². The van der Waals surface area contributed by atoms with Crippen LogP contribution in [0.25, 0.3) is 44.5 Å². The Balaban J connectivity index is 0.735. The van der Waals surface area contributed by atoms with Crippen LogP contribution in [0.15, 0.2) is 203 Å². The minimum absolute atomic E-state index is 0.180. The maximum absolute atomic E-state index is 6.72. The average molecular weight is 1380 g/mol. The molecule has 8 aromatic rings. The first kappa shape index (κ1) is 67.7. The largest absolute Gasteiger partial charge is 0.359 e. The highest BCUT2D eigenvalue weighted by atomic mass is 79.9. The third-order valence-electron chi connectivity index (χ3n) is 19.8. The first-order valence-corrected chi connectivity index (χ1v) is 33.4. The van der Waals surface area contributed by atoms with Crippen LogP contribution in [0.1, 0.15) is 110 Å². The molecular weight excluding hydrogens is 1290 g/mol. The zero-order valence-electron chi connectivity index (χ0n) is 53.9. The van der Waals surface area contributed by atoms with Gasteiger partial charge in [0.25, 0.3) is 0 Å². The third-order valence-corrected chi connectivity index (χ3v) is 20.9. The fraction of sp³-hybridized carbons (Fsp3) is 0.385. The Kier molecular flexibility index (Phi) is 22.6. The molecule has 0 saturated heterocycles. The number of hydrogen-bond donors (Lipinski definition) is 0. The topological polar surface area (TPSA) is 111 Å². The molecule has 12 nitrogen and oxygen atoms in total. The van der Waals surface area contributed by atoms with Crippen LogP contribution in [0.4, 0.5) is 0 Å². The monoisotopic (exact) mass is 1370 g/mol. The summed E-state index contributed by atoms with van der Waals surface area (Å²) in [6.45, 7) is 1.20. The molecule has 14 heteroatoms. The second-order valence-electron chi connectivity index (χ2n) is 24.7. The summed E-state index contributed by atoms with van der Waals surface area (Å²) in [4.78, 5) is 0. The molecule has 0 atom stereocenters. The lowest BCUT2D eigenvalue weighted by molar-refractivity contribution is -0.203. The zero-order valence-corrected chi connectivity index (χ0v) is 57.0. The van der Waals surface area contributed by atoms with Gasteiger partial charge in [0, 0.05) is 51.6 Å². The molecule has 0 radical (unpaired) electrons. The summed E-state index contributed by atoms with van der Waals surface area (Å²) in [5.74, 6) is 0. The first-order valence-electron chi connectivity index (χ1n) is 31.8. The molecule has 0 amide bonds. The molecule has 0 N–H and O–H groups in total.